The molecule has 6 rings (SSSR count). The standard InChI is InChI=1S/C26H38N2O2/c1-4-30-23(29)21-5-7-22(8-6-21)28-11-9-27(10-12-28)19-26-15-20-13-24(2,17-26)16-25(3,14-20)18-26/h5-8,20H,4,9-19H2,1-3H3. The van der Waals surface area contributed by atoms with Crippen molar-refractivity contribution in [3.05, 3.63) is 29.8 Å². The third-order valence-corrected chi connectivity index (χ3v) is 8.42. The second-order valence-corrected chi connectivity index (χ2v) is 11.7. The SMILES string of the molecule is CCOC(=O)c1ccc(N2CCN(CC34CC5CC(C)(CC(C)(C5)C3)C4)CC2)cc1. The van der Waals surface area contributed by atoms with Crippen molar-refractivity contribution in [3.8, 4) is 0 Å². The summed E-state index contributed by atoms with van der Waals surface area (Å²) in [5, 5.41) is 0. The van der Waals surface area contributed by atoms with Crippen LogP contribution in [0.3, 0.4) is 0 Å². The van der Waals surface area contributed by atoms with Gasteiger partial charge in [0, 0.05) is 38.4 Å². The van der Waals surface area contributed by atoms with Crippen molar-refractivity contribution in [1.82, 2.24) is 4.90 Å². The maximum Gasteiger partial charge on any atom is 0.338 e. The Morgan fingerprint density at radius 1 is 0.967 bits per heavy atom. The first-order chi connectivity index (χ1) is 14.3. The van der Waals surface area contributed by atoms with Gasteiger partial charge in [-0.2, -0.15) is 0 Å². The summed E-state index contributed by atoms with van der Waals surface area (Å²) in [6.45, 7) is 13.2. The topological polar surface area (TPSA) is 32.8 Å². The fraction of sp³-hybridized carbons (Fsp3) is 0.731. The van der Waals surface area contributed by atoms with Crippen LogP contribution in [0.25, 0.3) is 0 Å². The molecule has 4 heteroatoms. The van der Waals surface area contributed by atoms with E-state index in [1.54, 1.807) is 0 Å². The van der Waals surface area contributed by atoms with Crippen LogP contribution in [-0.4, -0.2) is 50.2 Å². The highest BCUT2D eigenvalue weighted by molar-refractivity contribution is 5.89. The summed E-state index contributed by atoms with van der Waals surface area (Å²) in [6, 6.07) is 7.94. The van der Waals surface area contributed by atoms with Crippen molar-refractivity contribution in [3.63, 3.8) is 0 Å². The number of hydrogen-bond donors (Lipinski definition) is 0. The van der Waals surface area contributed by atoms with Crippen LogP contribution in [0, 0.1) is 22.2 Å². The fourth-order valence-corrected chi connectivity index (χ4v) is 8.52. The lowest BCUT2D eigenvalue weighted by Crippen LogP contribution is -2.59. The van der Waals surface area contributed by atoms with Crippen LogP contribution in [0.1, 0.15) is 69.7 Å². The first-order valence-corrected chi connectivity index (χ1v) is 12.0. The van der Waals surface area contributed by atoms with Gasteiger partial charge < -0.3 is 9.64 Å². The van der Waals surface area contributed by atoms with E-state index in [0.29, 0.717) is 28.4 Å². The van der Waals surface area contributed by atoms with Crippen LogP contribution in [0.2, 0.25) is 0 Å². The normalized spacial score (nSPS) is 38.1. The third kappa shape index (κ3) is 3.77. The molecule has 1 aromatic rings. The number of nitrogens with zero attached hydrogens (tertiary/aromatic N) is 2. The minimum Gasteiger partial charge on any atom is -0.462 e. The summed E-state index contributed by atoms with van der Waals surface area (Å²) in [6.07, 6.45) is 8.84. The molecule has 5 fully saturated rings. The lowest BCUT2D eigenvalue weighted by molar-refractivity contribution is -0.153. The summed E-state index contributed by atoms with van der Waals surface area (Å²) in [7, 11) is 0. The number of esters is 1. The number of anilines is 1. The molecule has 30 heavy (non-hydrogen) atoms. The number of benzene rings is 1. The van der Waals surface area contributed by atoms with E-state index < -0.39 is 0 Å². The molecule has 0 radical (unpaired) electrons. The number of carbonyl (C=O) groups is 1. The zero-order valence-electron chi connectivity index (χ0n) is 19.1. The van der Waals surface area contributed by atoms with Gasteiger partial charge in [-0.15, -0.1) is 0 Å². The Kier molecular flexibility index (Phi) is 4.92. The van der Waals surface area contributed by atoms with Gasteiger partial charge >= 0.3 is 5.97 Å². The van der Waals surface area contributed by atoms with Crippen LogP contribution in [0.5, 0.6) is 0 Å². The second kappa shape index (κ2) is 7.25. The van der Waals surface area contributed by atoms with Crippen molar-refractivity contribution >= 4 is 11.7 Å². The van der Waals surface area contributed by atoms with E-state index in [2.05, 4.69) is 35.8 Å². The Hall–Kier alpha value is -1.55. The molecule has 0 aromatic heterocycles. The maximum atomic E-state index is 11.9. The molecule has 0 N–H and O–H groups in total. The highest BCUT2D eigenvalue weighted by Crippen LogP contribution is 2.69. The lowest BCUT2D eigenvalue weighted by atomic mass is 9.40. The molecule has 2 unspecified atom stereocenters. The van der Waals surface area contributed by atoms with Crippen LogP contribution in [0.4, 0.5) is 5.69 Å². The monoisotopic (exact) mass is 410 g/mol. The van der Waals surface area contributed by atoms with Gasteiger partial charge in [-0.05, 0) is 91.9 Å². The summed E-state index contributed by atoms with van der Waals surface area (Å²) < 4.78 is 5.10. The van der Waals surface area contributed by atoms with Crippen molar-refractivity contribution in [2.75, 3.05) is 44.2 Å². The highest BCUT2D eigenvalue weighted by atomic mass is 16.5. The van der Waals surface area contributed by atoms with E-state index in [9.17, 15) is 4.79 Å². The molecule has 164 valence electrons. The number of carbonyl (C=O) groups excluding carboxylic acids is 1. The summed E-state index contributed by atoms with van der Waals surface area (Å²) in [5.74, 6) is 0.752. The number of rotatable bonds is 5. The van der Waals surface area contributed by atoms with Gasteiger partial charge in [-0.25, -0.2) is 4.79 Å². The largest absolute Gasteiger partial charge is 0.462 e. The minimum absolute atomic E-state index is 0.230. The van der Waals surface area contributed by atoms with E-state index in [0.717, 1.165) is 32.1 Å². The quantitative estimate of drug-likeness (QED) is 0.641. The van der Waals surface area contributed by atoms with E-state index in [1.165, 1.54) is 50.8 Å². The van der Waals surface area contributed by atoms with Crippen molar-refractivity contribution in [1.29, 1.82) is 0 Å². The maximum absolute atomic E-state index is 11.9. The summed E-state index contributed by atoms with van der Waals surface area (Å²) >= 11 is 0. The van der Waals surface area contributed by atoms with E-state index in [1.807, 2.05) is 19.1 Å². The Balaban J connectivity index is 1.19. The van der Waals surface area contributed by atoms with Crippen LogP contribution >= 0.6 is 0 Å². The summed E-state index contributed by atoms with van der Waals surface area (Å²) in [5.41, 5.74) is 3.65. The first-order valence-electron chi connectivity index (χ1n) is 12.0. The molecule has 1 aliphatic heterocycles. The van der Waals surface area contributed by atoms with E-state index >= 15 is 0 Å². The molecular formula is C26H38N2O2. The van der Waals surface area contributed by atoms with Gasteiger partial charge in [0.05, 0.1) is 12.2 Å². The van der Waals surface area contributed by atoms with Crippen molar-refractivity contribution < 1.29 is 9.53 Å². The molecule has 4 nitrogen and oxygen atoms in total. The number of ether oxygens (including phenoxy) is 1. The molecule has 4 saturated carbocycles. The number of piperazine rings is 1. The predicted molar refractivity (Wildman–Crippen MR) is 121 cm³/mol. The fourth-order valence-electron chi connectivity index (χ4n) is 8.52. The predicted octanol–water partition coefficient (Wildman–Crippen LogP) is 4.98. The van der Waals surface area contributed by atoms with E-state index in [4.69, 9.17) is 4.74 Å². The molecule has 1 saturated heterocycles. The Labute approximate surface area is 182 Å². The second-order valence-electron chi connectivity index (χ2n) is 11.7. The highest BCUT2D eigenvalue weighted by Gasteiger charge is 2.60. The van der Waals surface area contributed by atoms with Gasteiger partial charge in [-0.3, -0.25) is 4.90 Å². The van der Waals surface area contributed by atoms with Crippen LogP contribution in [-0.2, 0) is 4.74 Å². The average molecular weight is 411 g/mol. The number of hydrogen-bond acceptors (Lipinski definition) is 4. The summed E-state index contributed by atoms with van der Waals surface area (Å²) in [4.78, 5) is 17.1. The van der Waals surface area contributed by atoms with Crippen molar-refractivity contribution in [2.45, 2.75) is 59.3 Å². The first kappa shape index (κ1) is 20.4. The Morgan fingerprint density at radius 3 is 2.17 bits per heavy atom. The molecule has 5 aliphatic rings. The third-order valence-electron chi connectivity index (χ3n) is 8.42. The molecule has 0 amide bonds. The lowest BCUT2D eigenvalue weighted by Gasteiger charge is -2.66. The minimum atomic E-state index is -0.230. The molecule has 2 atom stereocenters. The Bertz CT molecular complexity index is 778. The molecule has 4 bridgehead atoms. The molecule has 1 aromatic carbocycles. The van der Waals surface area contributed by atoms with Crippen LogP contribution in [0.15, 0.2) is 24.3 Å². The van der Waals surface area contributed by atoms with Gasteiger partial charge in [-0.1, -0.05) is 13.8 Å². The van der Waals surface area contributed by atoms with E-state index in [-0.39, 0.29) is 5.97 Å². The zero-order chi connectivity index (χ0) is 21.0. The Morgan fingerprint density at radius 2 is 1.60 bits per heavy atom. The van der Waals surface area contributed by atoms with Crippen molar-refractivity contribution in [2.24, 2.45) is 22.2 Å². The van der Waals surface area contributed by atoms with Gasteiger partial charge in [0.15, 0.2) is 0 Å². The van der Waals surface area contributed by atoms with Gasteiger partial charge in [0.1, 0.15) is 0 Å². The van der Waals surface area contributed by atoms with Gasteiger partial charge in [0.25, 0.3) is 0 Å². The molecular weight excluding hydrogens is 372 g/mol. The average Bonchev–Trinajstić information content (AvgIpc) is 2.66. The molecule has 0 spiro atoms. The zero-order valence-corrected chi connectivity index (χ0v) is 19.1. The molecule has 4 aliphatic carbocycles. The van der Waals surface area contributed by atoms with Gasteiger partial charge in [0.2, 0.25) is 0 Å². The molecule has 1 heterocycles. The smallest absolute Gasteiger partial charge is 0.338 e. The van der Waals surface area contributed by atoms with Crippen LogP contribution < -0.4 is 4.90 Å².